The summed E-state index contributed by atoms with van der Waals surface area (Å²) in [4.78, 5) is 12.3. The van der Waals surface area contributed by atoms with Gasteiger partial charge in [0.25, 0.3) is 0 Å². The third-order valence-corrected chi connectivity index (χ3v) is 0.572. The zero-order chi connectivity index (χ0) is 6.57. The molecule has 5 nitrogen and oxygen atoms in total. The van der Waals surface area contributed by atoms with E-state index in [4.69, 9.17) is 5.53 Å². The van der Waals surface area contributed by atoms with Gasteiger partial charge in [0.1, 0.15) is 10.6 Å². The van der Waals surface area contributed by atoms with E-state index in [-0.39, 0.29) is 0 Å². The Bertz CT molecular complexity index is 135. The molecule has 44 valence electrons. The van der Waals surface area contributed by atoms with E-state index < -0.39 is 12.0 Å². The van der Waals surface area contributed by atoms with Crippen LogP contribution in [-0.4, -0.2) is 12.0 Å². The molecule has 0 aromatic heterocycles. The van der Waals surface area contributed by atoms with Crippen LogP contribution in [0.4, 0.5) is 0 Å². The van der Waals surface area contributed by atoms with Crippen molar-refractivity contribution in [2.75, 3.05) is 0 Å². The van der Waals surface area contributed by atoms with E-state index in [1.807, 2.05) is 0 Å². The maximum absolute atomic E-state index is 9.74. The minimum atomic E-state index is -1.32. The molecule has 5 heteroatoms. The van der Waals surface area contributed by atoms with Crippen molar-refractivity contribution >= 4 is 5.97 Å². The van der Waals surface area contributed by atoms with E-state index in [9.17, 15) is 9.90 Å². The van der Waals surface area contributed by atoms with Gasteiger partial charge in [-0.25, -0.2) is 0 Å². The van der Waals surface area contributed by atoms with E-state index in [1.54, 1.807) is 0 Å². The lowest BCUT2D eigenvalue weighted by molar-refractivity contribution is -0.307. The van der Waals surface area contributed by atoms with Gasteiger partial charge < -0.3 is 9.90 Å². The van der Waals surface area contributed by atoms with Crippen LogP contribution in [0.1, 0.15) is 6.92 Å². The maximum Gasteiger partial charge on any atom is 0.214 e. The van der Waals surface area contributed by atoms with E-state index in [1.165, 1.54) is 6.92 Å². The highest BCUT2D eigenvalue weighted by Crippen LogP contribution is 1.80. The van der Waals surface area contributed by atoms with Crippen molar-refractivity contribution in [1.82, 2.24) is 4.91 Å². The first kappa shape index (κ1) is 6.78. The fraction of sp³-hybridized carbons (Fsp3) is 0.667. The van der Waals surface area contributed by atoms with Crippen LogP contribution in [0.2, 0.25) is 0 Å². The molecule has 0 bridgehead atoms. The predicted octanol–water partition coefficient (Wildman–Crippen LogP) is -1.32. The quantitative estimate of drug-likeness (QED) is 0.357. The normalized spacial score (nSPS) is 11.6. The Balaban J connectivity index is 3.82. The summed E-state index contributed by atoms with van der Waals surface area (Å²) >= 11 is 0. The van der Waals surface area contributed by atoms with E-state index in [2.05, 4.69) is 10.0 Å². The van der Waals surface area contributed by atoms with Crippen molar-refractivity contribution in [2.45, 2.75) is 13.0 Å². The molecular weight excluding hydrogens is 110 g/mol. The summed E-state index contributed by atoms with van der Waals surface area (Å²) in [5, 5.41) is 12.7. The fourth-order valence-electron chi connectivity index (χ4n) is 0.134. The van der Waals surface area contributed by atoms with Crippen LogP contribution < -0.4 is 10.0 Å². The first-order valence-corrected chi connectivity index (χ1v) is 1.96. The van der Waals surface area contributed by atoms with Gasteiger partial charge in [-0.2, -0.15) is 0 Å². The van der Waals surface area contributed by atoms with Crippen LogP contribution in [-0.2, 0) is 4.79 Å². The highest BCUT2D eigenvalue weighted by atomic mass is 16.4. The van der Waals surface area contributed by atoms with Crippen molar-refractivity contribution in [3.8, 4) is 0 Å². The van der Waals surface area contributed by atoms with Gasteiger partial charge in [0.05, 0.1) is 5.97 Å². The molecule has 1 N–H and O–H groups in total. The SMILES string of the molecule is CC(N=[N+]=N)C(=O)[O-]. The molecule has 0 radical (unpaired) electrons. The number of hydrogen-bond donors (Lipinski definition) is 1. The number of hydrogen-bond acceptors (Lipinski definition) is 4. The lowest BCUT2D eigenvalue weighted by Gasteiger charge is -1.95. The van der Waals surface area contributed by atoms with Crippen LogP contribution in [0.3, 0.4) is 0 Å². The van der Waals surface area contributed by atoms with Crippen molar-refractivity contribution in [3.63, 3.8) is 0 Å². The number of aliphatic carboxylic acids is 1. The van der Waals surface area contributed by atoms with Gasteiger partial charge in [0.15, 0.2) is 6.04 Å². The summed E-state index contributed by atoms with van der Waals surface area (Å²) in [6, 6.07) is -1.01. The fourth-order valence-corrected chi connectivity index (χ4v) is 0.134. The molecule has 0 aliphatic carbocycles. The Hall–Kier alpha value is -1.22. The average molecular weight is 115 g/mol. The molecule has 0 spiro atoms. The molecule has 0 aliphatic heterocycles. The highest BCUT2D eigenvalue weighted by molar-refractivity contribution is 5.70. The van der Waals surface area contributed by atoms with Gasteiger partial charge in [0, 0.05) is 0 Å². The molecular formula is C3H5N3O2. The summed E-state index contributed by atoms with van der Waals surface area (Å²) < 4.78 is 0. The molecule has 0 rings (SSSR count). The molecule has 0 aliphatic rings. The maximum atomic E-state index is 9.74. The third kappa shape index (κ3) is 2.04. The molecule has 0 saturated heterocycles. The summed E-state index contributed by atoms with van der Waals surface area (Å²) in [5.74, 6) is -1.32. The minimum Gasteiger partial charge on any atom is -0.548 e. The van der Waals surface area contributed by atoms with Crippen LogP contribution in [0, 0.1) is 5.53 Å². The number of carbonyl (C=O) groups is 1. The zero-order valence-electron chi connectivity index (χ0n) is 4.29. The van der Waals surface area contributed by atoms with Crippen molar-refractivity contribution < 1.29 is 9.90 Å². The Morgan fingerprint density at radius 3 is 2.62 bits per heavy atom. The number of carboxylic acids is 1. The molecule has 0 aromatic carbocycles. The van der Waals surface area contributed by atoms with Gasteiger partial charge in [-0.15, -0.1) is 0 Å². The molecule has 0 fully saturated rings. The second kappa shape index (κ2) is 2.87. The molecule has 1 atom stereocenters. The predicted molar refractivity (Wildman–Crippen MR) is 21.8 cm³/mol. The number of nitrogens with one attached hydrogen (secondary N) is 1. The first-order valence-electron chi connectivity index (χ1n) is 1.96. The Morgan fingerprint density at radius 1 is 2.00 bits per heavy atom. The lowest BCUT2D eigenvalue weighted by atomic mass is 10.4. The Labute approximate surface area is 45.6 Å². The second-order valence-electron chi connectivity index (χ2n) is 1.21. The van der Waals surface area contributed by atoms with Gasteiger partial charge >= 0.3 is 0 Å². The molecule has 1 unspecified atom stereocenters. The van der Waals surface area contributed by atoms with Crippen molar-refractivity contribution in [2.24, 2.45) is 5.11 Å². The Kier molecular flexibility index (Phi) is 2.43. The molecule has 0 heterocycles. The summed E-state index contributed by atoms with van der Waals surface area (Å²) in [5.41, 5.74) is 6.09. The Morgan fingerprint density at radius 2 is 2.50 bits per heavy atom. The van der Waals surface area contributed by atoms with Crippen LogP contribution in [0.15, 0.2) is 5.11 Å². The molecule has 0 saturated carbocycles. The topological polar surface area (TPSA) is 90.4 Å². The van der Waals surface area contributed by atoms with E-state index >= 15 is 0 Å². The third-order valence-electron chi connectivity index (χ3n) is 0.572. The van der Waals surface area contributed by atoms with E-state index in [0.717, 1.165) is 0 Å². The average Bonchev–Trinajstić information content (AvgIpc) is 1.67. The first-order chi connectivity index (χ1) is 3.68. The zero-order valence-corrected chi connectivity index (χ0v) is 4.29. The van der Waals surface area contributed by atoms with Crippen LogP contribution in [0.5, 0.6) is 0 Å². The lowest BCUT2D eigenvalue weighted by Crippen LogP contribution is -2.32. The van der Waals surface area contributed by atoms with Crippen molar-refractivity contribution in [3.05, 3.63) is 0 Å². The smallest absolute Gasteiger partial charge is 0.214 e. The largest absolute Gasteiger partial charge is 0.548 e. The van der Waals surface area contributed by atoms with Crippen LogP contribution >= 0.6 is 0 Å². The summed E-state index contributed by atoms with van der Waals surface area (Å²) in [7, 11) is 0. The molecule has 0 aromatic rings. The number of carbonyl (C=O) groups excluding carboxylic acids is 1. The van der Waals surface area contributed by atoms with Crippen molar-refractivity contribution in [1.29, 1.82) is 5.53 Å². The minimum absolute atomic E-state index is 1.01. The monoisotopic (exact) mass is 115 g/mol. The van der Waals surface area contributed by atoms with Crippen LogP contribution in [0.25, 0.3) is 0 Å². The summed E-state index contributed by atoms with van der Waals surface area (Å²) in [6.45, 7) is 1.29. The van der Waals surface area contributed by atoms with Gasteiger partial charge in [-0.3, -0.25) is 0 Å². The number of nitrogens with zero attached hydrogens (tertiary/aromatic N) is 2. The number of rotatable bonds is 2. The standard InChI is InChI=1S/C3H5N3O2/c1-2(3(7)8)5-6-4/h2,4H,1H3. The van der Waals surface area contributed by atoms with Gasteiger partial charge in [0.2, 0.25) is 4.91 Å². The van der Waals surface area contributed by atoms with Gasteiger partial charge in [-0.05, 0) is 6.92 Å². The molecule has 8 heavy (non-hydrogen) atoms. The highest BCUT2D eigenvalue weighted by Gasteiger charge is 2.03. The number of carboxylic acid groups (broad SMARTS) is 1. The van der Waals surface area contributed by atoms with Gasteiger partial charge in [-0.1, -0.05) is 0 Å². The van der Waals surface area contributed by atoms with E-state index in [0.29, 0.717) is 0 Å². The molecule has 0 amide bonds. The second-order valence-corrected chi connectivity index (χ2v) is 1.21. The summed E-state index contributed by atoms with van der Waals surface area (Å²) in [6.07, 6.45) is 0.